The fraction of sp³-hybridized carbons (Fsp3) is 0.417. The summed E-state index contributed by atoms with van der Waals surface area (Å²) in [5, 5.41) is 0. The van der Waals surface area contributed by atoms with Crippen molar-refractivity contribution in [1.82, 2.24) is 0 Å². The van der Waals surface area contributed by atoms with Crippen molar-refractivity contribution in [3.05, 3.63) is 28.8 Å². The largest absolute Gasteiger partial charge is 0.398 e. The topological polar surface area (TPSA) is 43.1 Å². The van der Waals surface area contributed by atoms with Gasteiger partial charge in [0.05, 0.1) is 0 Å². The molecule has 2 aliphatic rings. The fourth-order valence-corrected chi connectivity index (χ4v) is 2.10. The Morgan fingerprint density at radius 3 is 2.64 bits per heavy atom. The van der Waals surface area contributed by atoms with Crippen molar-refractivity contribution < 1.29 is 4.79 Å². The van der Waals surface area contributed by atoms with E-state index in [4.69, 9.17) is 5.73 Å². The molecule has 0 amide bonds. The third-order valence-electron chi connectivity index (χ3n) is 3.31. The zero-order valence-electron chi connectivity index (χ0n) is 8.05. The molecule has 1 aromatic rings. The van der Waals surface area contributed by atoms with Gasteiger partial charge in [-0.1, -0.05) is 6.07 Å². The van der Waals surface area contributed by atoms with Crippen molar-refractivity contribution in [3.63, 3.8) is 0 Å². The van der Waals surface area contributed by atoms with Gasteiger partial charge in [-0.3, -0.25) is 4.79 Å². The number of Topliss-reactive ketones (excluding diaryl/α,β-unsaturated/α-hetero) is 1. The van der Waals surface area contributed by atoms with Gasteiger partial charge in [-0.2, -0.15) is 0 Å². The first-order valence-corrected chi connectivity index (χ1v) is 5.22. The van der Waals surface area contributed by atoms with E-state index in [1.165, 1.54) is 11.1 Å². The number of fused-ring (bicyclic) bond motifs is 1. The van der Waals surface area contributed by atoms with Crippen molar-refractivity contribution in [3.8, 4) is 0 Å². The number of benzene rings is 1. The Bertz CT molecular complexity index is 419. The Morgan fingerprint density at radius 1 is 1.29 bits per heavy atom. The van der Waals surface area contributed by atoms with E-state index in [0.717, 1.165) is 36.9 Å². The van der Waals surface area contributed by atoms with Crippen LogP contribution in [-0.2, 0) is 12.8 Å². The second-order valence-electron chi connectivity index (χ2n) is 4.30. The number of carbonyl (C=O) groups excluding carboxylic acids is 1. The molecular formula is C12H13NO. The number of hydrogen-bond acceptors (Lipinski definition) is 2. The number of anilines is 1. The van der Waals surface area contributed by atoms with Gasteiger partial charge in [-0.25, -0.2) is 0 Å². The summed E-state index contributed by atoms with van der Waals surface area (Å²) in [6, 6.07) is 3.97. The van der Waals surface area contributed by atoms with Crippen LogP contribution in [0.25, 0.3) is 0 Å². The van der Waals surface area contributed by atoms with Gasteiger partial charge in [0.1, 0.15) is 0 Å². The van der Waals surface area contributed by atoms with Gasteiger partial charge in [0.15, 0.2) is 5.78 Å². The van der Waals surface area contributed by atoms with Crippen LogP contribution in [0, 0.1) is 5.92 Å². The zero-order valence-corrected chi connectivity index (χ0v) is 8.05. The molecule has 1 aromatic carbocycles. The lowest BCUT2D eigenvalue weighted by Crippen LogP contribution is -2.16. The van der Waals surface area contributed by atoms with E-state index in [1.54, 1.807) is 0 Å². The molecule has 0 heterocycles. The summed E-state index contributed by atoms with van der Waals surface area (Å²) >= 11 is 0. The van der Waals surface area contributed by atoms with Crippen LogP contribution in [-0.4, -0.2) is 5.78 Å². The predicted molar refractivity (Wildman–Crippen MR) is 55.3 cm³/mol. The zero-order chi connectivity index (χ0) is 9.71. The van der Waals surface area contributed by atoms with Crippen molar-refractivity contribution in [2.75, 3.05) is 5.73 Å². The molecule has 0 unspecified atom stereocenters. The first-order chi connectivity index (χ1) is 6.77. The number of ketones is 1. The van der Waals surface area contributed by atoms with E-state index in [0.29, 0.717) is 0 Å². The van der Waals surface area contributed by atoms with Crippen molar-refractivity contribution in [1.29, 1.82) is 0 Å². The summed E-state index contributed by atoms with van der Waals surface area (Å²) in [7, 11) is 0. The number of nitrogen functional groups attached to an aromatic ring is 1. The highest BCUT2D eigenvalue weighted by Gasteiger charge is 2.32. The van der Waals surface area contributed by atoms with E-state index in [1.807, 2.05) is 6.07 Å². The van der Waals surface area contributed by atoms with Gasteiger partial charge in [0.25, 0.3) is 0 Å². The number of rotatable bonds is 2. The quantitative estimate of drug-likeness (QED) is 0.568. The monoisotopic (exact) mass is 187 g/mol. The number of aryl methyl sites for hydroxylation is 1. The summed E-state index contributed by atoms with van der Waals surface area (Å²) < 4.78 is 0. The third kappa shape index (κ3) is 0.999. The molecule has 0 aliphatic heterocycles. The van der Waals surface area contributed by atoms with Crippen LogP contribution in [0.2, 0.25) is 0 Å². The Balaban J connectivity index is 2.05. The van der Waals surface area contributed by atoms with E-state index in [9.17, 15) is 4.79 Å². The van der Waals surface area contributed by atoms with Crippen molar-refractivity contribution in [2.24, 2.45) is 5.92 Å². The van der Waals surface area contributed by atoms with Crippen LogP contribution < -0.4 is 5.73 Å². The van der Waals surface area contributed by atoms with Crippen molar-refractivity contribution in [2.45, 2.75) is 25.7 Å². The van der Waals surface area contributed by atoms with Crippen LogP contribution in [0.15, 0.2) is 12.1 Å². The summed E-state index contributed by atoms with van der Waals surface area (Å²) in [4.78, 5) is 11.8. The Hall–Kier alpha value is -1.31. The van der Waals surface area contributed by atoms with E-state index in [2.05, 4.69) is 6.07 Å². The summed E-state index contributed by atoms with van der Waals surface area (Å²) in [5.41, 5.74) is 10.1. The van der Waals surface area contributed by atoms with Crippen LogP contribution in [0.5, 0.6) is 0 Å². The lowest BCUT2D eigenvalue weighted by molar-refractivity contribution is 0.0968. The molecule has 0 bridgehead atoms. The maximum atomic E-state index is 11.8. The molecule has 1 saturated carbocycles. The predicted octanol–water partition coefficient (Wildman–Crippen LogP) is 1.96. The number of hydrogen-bond donors (Lipinski definition) is 1. The molecule has 0 atom stereocenters. The molecule has 3 rings (SSSR count). The van der Waals surface area contributed by atoms with Crippen LogP contribution in [0.4, 0.5) is 5.69 Å². The maximum Gasteiger partial charge on any atom is 0.168 e. The minimum absolute atomic E-state index is 0.261. The molecular weight excluding hydrogens is 174 g/mol. The van der Waals surface area contributed by atoms with Gasteiger partial charge in [-0.15, -0.1) is 0 Å². The third-order valence-corrected chi connectivity index (χ3v) is 3.31. The lowest BCUT2D eigenvalue weighted by atomic mass is 9.84. The first-order valence-electron chi connectivity index (χ1n) is 5.22. The number of nitrogens with two attached hydrogens (primary N) is 1. The highest BCUT2D eigenvalue weighted by atomic mass is 16.1. The normalized spacial score (nSPS) is 18.6. The fourth-order valence-electron chi connectivity index (χ4n) is 2.10. The molecule has 0 spiro atoms. The van der Waals surface area contributed by atoms with Crippen LogP contribution in [0.1, 0.15) is 34.3 Å². The Kier molecular flexibility index (Phi) is 1.49. The first kappa shape index (κ1) is 8.04. The van der Waals surface area contributed by atoms with E-state index >= 15 is 0 Å². The second-order valence-corrected chi connectivity index (χ2v) is 4.30. The smallest absolute Gasteiger partial charge is 0.168 e. The van der Waals surface area contributed by atoms with Gasteiger partial charge >= 0.3 is 0 Å². The van der Waals surface area contributed by atoms with Crippen LogP contribution >= 0.6 is 0 Å². The molecule has 2 heteroatoms. The highest BCUT2D eigenvalue weighted by Crippen LogP contribution is 2.37. The molecule has 1 fully saturated rings. The SMILES string of the molecule is Nc1c(C(=O)C2CC2)ccc2c1CC2. The van der Waals surface area contributed by atoms with Gasteiger partial charge in [0, 0.05) is 17.2 Å². The molecule has 2 nitrogen and oxygen atoms in total. The molecule has 2 N–H and O–H groups in total. The molecule has 72 valence electrons. The molecule has 0 saturated heterocycles. The standard InChI is InChI=1S/C12H13NO/c13-11-9-5-3-7(9)4-6-10(11)12(14)8-1-2-8/h4,6,8H,1-3,5,13H2. The average molecular weight is 187 g/mol. The lowest BCUT2D eigenvalue weighted by Gasteiger charge is -2.22. The minimum atomic E-state index is 0.261. The number of carbonyl (C=O) groups is 1. The molecule has 0 radical (unpaired) electrons. The highest BCUT2D eigenvalue weighted by molar-refractivity contribution is 6.04. The van der Waals surface area contributed by atoms with Gasteiger partial charge in [-0.05, 0) is 42.9 Å². The van der Waals surface area contributed by atoms with E-state index in [-0.39, 0.29) is 11.7 Å². The van der Waals surface area contributed by atoms with Crippen LogP contribution in [0.3, 0.4) is 0 Å². The summed E-state index contributed by atoms with van der Waals surface area (Å²) in [5.74, 6) is 0.535. The Labute approximate surface area is 83.1 Å². The second kappa shape index (κ2) is 2.59. The van der Waals surface area contributed by atoms with Gasteiger partial charge < -0.3 is 5.73 Å². The maximum absolute atomic E-state index is 11.8. The summed E-state index contributed by atoms with van der Waals surface area (Å²) in [6.45, 7) is 0. The summed E-state index contributed by atoms with van der Waals surface area (Å²) in [6.07, 6.45) is 4.27. The van der Waals surface area contributed by atoms with E-state index < -0.39 is 0 Å². The average Bonchev–Trinajstić information content (AvgIpc) is 2.90. The minimum Gasteiger partial charge on any atom is -0.398 e. The molecule has 14 heavy (non-hydrogen) atoms. The van der Waals surface area contributed by atoms with Crippen molar-refractivity contribution >= 4 is 11.5 Å². The molecule has 2 aliphatic carbocycles. The molecule has 0 aromatic heterocycles. The Morgan fingerprint density at radius 2 is 2.07 bits per heavy atom. The van der Waals surface area contributed by atoms with Gasteiger partial charge in [0.2, 0.25) is 0 Å².